The summed E-state index contributed by atoms with van der Waals surface area (Å²) in [5.74, 6) is 0.330. The molecule has 2 atom stereocenters. The van der Waals surface area contributed by atoms with Gasteiger partial charge in [-0.25, -0.2) is 4.68 Å². The van der Waals surface area contributed by atoms with Crippen LogP contribution in [0.4, 0.5) is 13.2 Å². The van der Waals surface area contributed by atoms with Crippen LogP contribution in [-0.4, -0.2) is 21.4 Å². The Kier molecular flexibility index (Phi) is 5.25. The molecule has 0 radical (unpaired) electrons. The van der Waals surface area contributed by atoms with Gasteiger partial charge in [0.25, 0.3) is 0 Å². The summed E-state index contributed by atoms with van der Waals surface area (Å²) in [5.41, 5.74) is 1.60. The number of aryl methyl sites for hydroxylation is 1. The van der Waals surface area contributed by atoms with Crippen molar-refractivity contribution in [2.45, 2.75) is 57.0 Å². The first kappa shape index (κ1) is 20.8. The van der Waals surface area contributed by atoms with Gasteiger partial charge in [0.1, 0.15) is 17.9 Å². The lowest BCUT2D eigenvalue weighted by atomic mass is 9.93. The average Bonchev–Trinajstić information content (AvgIpc) is 3.19. The molecule has 1 saturated heterocycles. The molecule has 0 spiro atoms. The number of fused-ring (bicyclic) bond motifs is 2. The molecule has 3 heterocycles. The maximum atomic E-state index is 13.8. The van der Waals surface area contributed by atoms with Crippen molar-refractivity contribution in [2.24, 2.45) is 0 Å². The highest BCUT2D eigenvalue weighted by atomic mass is 19.4. The third-order valence-electron chi connectivity index (χ3n) is 6.00. The first-order valence-electron chi connectivity index (χ1n) is 10.7. The highest BCUT2D eigenvalue weighted by Crippen LogP contribution is 2.39. The second-order valence-corrected chi connectivity index (χ2v) is 8.17. The standard InChI is InChI=1S/C23H21F3N4O2/c24-23(25,26)22-17-11-16(7-8-18(17)30(29-22)20-6-1-2-9-31-20)32-19-5-3-4-15-10-14(12-27)13-28-21(15)19/h7-8,10-11,13,19-20H,1-6,9H2. The van der Waals surface area contributed by atoms with Gasteiger partial charge in [-0.1, -0.05) is 0 Å². The van der Waals surface area contributed by atoms with Crippen LogP contribution in [0.1, 0.15) is 67.0 Å². The van der Waals surface area contributed by atoms with Crippen LogP contribution in [0.25, 0.3) is 10.9 Å². The lowest BCUT2D eigenvalue weighted by Gasteiger charge is -2.25. The van der Waals surface area contributed by atoms with E-state index in [2.05, 4.69) is 16.2 Å². The van der Waals surface area contributed by atoms with Gasteiger partial charge in [0.2, 0.25) is 0 Å². The molecule has 2 unspecified atom stereocenters. The number of rotatable bonds is 3. The third kappa shape index (κ3) is 3.79. The van der Waals surface area contributed by atoms with Crippen molar-refractivity contribution in [3.8, 4) is 11.8 Å². The summed E-state index contributed by atoms with van der Waals surface area (Å²) in [6, 6.07) is 8.57. The van der Waals surface area contributed by atoms with Crippen LogP contribution in [0.3, 0.4) is 0 Å². The number of alkyl halides is 3. The van der Waals surface area contributed by atoms with Gasteiger partial charge in [-0.3, -0.25) is 4.98 Å². The minimum absolute atomic E-state index is 0.00649. The topological polar surface area (TPSA) is 73.0 Å². The summed E-state index contributed by atoms with van der Waals surface area (Å²) in [6.07, 6.45) is 0.774. The van der Waals surface area contributed by atoms with Gasteiger partial charge in [0.05, 0.1) is 16.8 Å². The summed E-state index contributed by atoms with van der Waals surface area (Å²) < 4.78 is 54.4. The van der Waals surface area contributed by atoms with E-state index in [4.69, 9.17) is 14.7 Å². The first-order valence-corrected chi connectivity index (χ1v) is 10.7. The van der Waals surface area contributed by atoms with Gasteiger partial charge < -0.3 is 9.47 Å². The molecule has 1 aliphatic heterocycles. The van der Waals surface area contributed by atoms with Gasteiger partial charge in [0, 0.05) is 18.2 Å². The zero-order valence-electron chi connectivity index (χ0n) is 17.2. The van der Waals surface area contributed by atoms with Crippen molar-refractivity contribution < 1.29 is 22.6 Å². The second-order valence-electron chi connectivity index (χ2n) is 8.17. The fourth-order valence-corrected chi connectivity index (χ4v) is 4.50. The normalized spacial score (nSPS) is 21.2. The van der Waals surface area contributed by atoms with Crippen molar-refractivity contribution >= 4 is 10.9 Å². The quantitative estimate of drug-likeness (QED) is 0.537. The Balaban J connectivity index is 1.51. The molecule has 5 rings (SSSR count). The zero-order chi connectivity index (χ0) is 22.3. The van der Waals surface area contributed by atoms with Gasteiger partial charge in [-0.2, -0.15) is 23.5 Å². The molecule has 1 aromatic carbocycles. The molecule has 0 bridgehead atoms. The molecule has 9 heteroatoms. The Hall–Kier alpha value is -3.12. The van der Waals surface area contributed by atoms with Crippen molar-refractivity contribution in [1.82, 2.24) is 14.8 Å². The van der Waals surface area contributed by atoms with Crippen molar-refractivity contribution in [3.63, 3.8) is 0 Å². The van der Waals surface area contributed by atoms with E-state index >= 15 is 0 Å². The third-order valence-corrected chi connectivity index (χ3v) is 6.00. The fourth-order valence-electron chi connectivity index (χ4n) is 4.50. The molecule has 3 aromatic rings. The Morgan fingerprint density at radius 3 is 2.78 bits per heavy atom. The molecule has 2 aromatic heterocycles. The van der Waals surface area contributed by atoms with E-state index in [1.54, 1.807) is 18.2 Å². The van der Waals surface area contributed by atoms with Crippen molar-refractivity contribution in [1.29, 1.82) is 5.26 Å². The lowest BCUT2D eigenvalue weighted by molar-refractivity contribution is -0.141. The first-order chi connectivity index (χ1) is 15.4. The van der Waals surface area contributed by atoms with Crippen LogP contribution in [0.2, 0.25) is 0 Å². The zero-order valence-corrected chi connectivity index (χ0v) is 17.2. The Morgan fingerprint density at radius 1 is 1.16 bits per heavy atom. The van der Waals surface area contributed by atoms with Crippen LogP contribution in [0, 0.1) is 11.3 Å². The van der Waals surface area contributed by atoms with Crippen molar-refractivity contribution in [2.75, 3.05) is 6.61 Å². The fraction of sp³-hybridized carbons (Fsp3) is 0.435. The van der Waals surface area contributed by atoms with Crippen LogP contribution >= 0.6 is 0 Å². The monoisotopic (exact) mass is 442 g/mol. The van der Waals surface area contributed by atoms with E-state index in [1.165, 1.54) is 16.9 Å². The van der Waals surface area contributed by atoms with Crippen LogP contribution < -0.4 is 4.74 Å². The molecule has 1 fully saturated rings. The Bertz CT molecular complexity index is 1190. The average molecular weight is 442 g/mol. The number of pyridine rings is 1. The SMILES string of the molecule is N#Cc1cnc2c(c1)CCCC2Oc1ccc2c(c1)c(C(F)(F)F)nn2C1CCCCO1. The number of nitriles is 1. The minimum atomic E-state index is -4.59. The number of benzene rings is 1. The van der Waals surface area contributed by atoms with E-state index in [0.29, 0.717) is 36.3 Å². The molecular weight excluding hydrogens is 421 g/mol. The van der Waals surface area contributed by atoms with E-state index < -0.39 is 18.1 Å². The maximum Gasteiger partial charge on any atom is 0.435 e. The molecule has 166 valence electrons. The molecule has 32 heavy (non-hydrogen) atoms. The smallest absolute Gasteiger partial charge is 0.435 e. The number of nitrogens with zero attached hydrogens (tertiary/aromatic N) is 4. The summed E-state index contributed by atoms with van der Waals surface area (Å²) in [5, 5.41) is 13.0. The summed E-state index contributed by atoms with van der Waals surface area (Å²) in [7, 11) is 0. The van der Waals surface area contributed by atoms with Crippen LogP contribution in [-0.2, 0) is 17.3 Å². The lowest BCUT2D eigenvalue weighted by Crippen LogP contribution is -2.20. The van der Waals surface area contributed by atoms with Gasteiger partial charge in [-0.05, 0) is 68.4 Å². The summed E-state index contributed by atoms with van der Waals surface area (Å²) in [4.78, 5) is 4.39. The second kappa shape index (κ2) is 8.10. The molecule has 0 N–H and O–H groups in total. The van der Waals surface area contributed by atoms with Gasteiger partial charge in [-0.15, -0.1) is 0 Å². The Labute approximate surface area is 182 Å². The van der Waals surface area contributed by atoms with E-state index in [9.17, 15) is 13.2 Å². The predicted molar refractivity (Wildman–Crippen MR) is 109 cm³/mol. The van der Waals surface area contributed by atoms with E-state index in [1.807, 2.05) is 0 Å². The molecule has 0 amide bonds. The van der Waals surface area contributed by atoms with Crippen LogP contribution in [0.15, 0.2) is 30.5 Å². The number of hydrogen-bond donors (Lipinski definition) is 0. The summed E-state index contributed by atoms with van der Waals surface area (Å²) >= 11 is 0. The predicted octanol–water partition coefficient (Wildman–Crippen LogP) is 5.48. The van der Waals surface area contributed by atoms with Gasteiger partial charge >= 0.3 is 6.18 Å². The largest absolute Gasteiger partial charge is 0.484 e. The molecule has 0 saturated carbocycles. The van der Waals surface area contributed by atoms with E-state index in [-0.39, 0.29) is 11.5 Å². The number of hydrogen-bond acceptors (Lipinski definition) is 5. The van der Waals surface area contributed by atoms with Crippen molar-refractivity contribution in [3.05, 3.63) is 53.0 Å². The van der Waals surface area contributed by atoms with Crippen LogP contribution in [0.5, 0.6) is 5.75 Å². The summed E-state index contributed by atoms with van der Waals surface area (Å²) in [6.45, 7) is 0.510. The maximum absolute atomic E-state index is 13.8. The number of aromatic nitrogens is 3. The van der Waals surface area contributed by atoms with E-state index in [0.717, 1.165) is 36.9 Å². The van der Waals surface area contributed by atoms with Gasteiger partial charge in [0.15, 0.2) is 11.9 Å². The molecule has 6 nitrogen and oxygen atoms in total. The highest BCUT2D eigenvalue weighted by molar-refractivity contribution is 5.84. The highest BCUT2D eigenvalue weighted by Gasteiger charge is 2.38. The minimum Gasteiger partial charge on any atom is -0.484 e. The molecule has 2 aliphatic rings. The molecular formula is C23H21F3N4O2. The number of ether oxygens (including phenoxy) is 2. The number of halogens is 3. The molecule has 1 aliphatic carbocycles. The Morgan fingerprint density at radius 2 is 2.03 bits per heavy atom.